The number of hydrogen-bond donors (Lipinski definition) is 1. The molecule has 2 aromatic heterocycles. The van der Waals surface area contributed by atoms with Crippen molar-refractivity contribution in [1.82, 2.24) is 24.2 Å². The van der Waals surface area contributed by atoms with Crippen LogP contribution in [0.1, 0.15) is 28.9 Å². The van der Waals surface area contributed by atoms with E-state index in [2.05, 4.69) is 15.3 Å². The lowest BCUT2D eigenvalue weighted by Gasteiger charge is -2.15. The van der Waals surface area contributed by atoms with E-state index in [9.17, 15) is 17.6 Å². The van der Waals surface area contributed by atoms with Crippen LogP contribution in [0, 0.1) is 5.82 Å². The fourth-order valence-corrected chi connectivity index (χ4v) is 4.69. The van der Waals surface area contributed by atoms with Crippen LogP contribution in [0.25, 0.3) is 5.82 Å². The van der Waals surface area contributed by atoms with Gasteiger partial charge in [-0.1, -0.05) is 18.2 Å². The van der Waals surface area contributed by atoms with Gasteiger partial charge in [-0.05, 0) is 31.0 Å². The highest BCUT2D eigenvalue weighted by Crippen LogP contribution is 2.20. The Morgan fingerprint density at radius 1 is 1.10 bits per heavy atom. The first kappa shape index (κ1) is 20.2. The molecule has 30 heavy (non-hydrogen) atoms. The van der Waals surface area contributed by atoms with Crippen molar-refractivity contribution in [2.45, 2.75) is 24.3 Å². The SMILES string of the molecule is O=C(NCc1ccccc1F)c1cn(-c2ccc(S(=O)(=O)N3CCCC3)cn2)cn1. The average Bonchev–Trinajstić information content (AvgIpc) is 3.46. The summed E-state index contributed by atoms with van der Waals surface area (Å²) in [4.78, 5) is 20.7. The van der Waals surface area contributed by atoms with E-state index < -0.39 is 21.7 Å². The number of pyridine rings is 1. The van der Waals surface area contributed by atoms with Crippen molar-refractivity contribution < 1.29 is 17.6 Å². The third-order valence-electron chi connectivity index (χ3n) is 4.90. The number of nitrogens with zero attached hydrogens (tertiary/aromatic N) is 4. The molecule has 3 heterocycles. The zero-order valence-electron chi connectivity index (χ0n) is 16.0. The lowest BCUT2D eigenvalue weighted by Crippen LogP contribution is -2.27. The van der Waals surface area contributed by atoms with Crippen molar-refractivity contribution in [3.63, 3.8) is 0 Å². The minimum atomic E-state index is -3.53. The maximum absolute atomic E-state index is 13.7. The van der Waals surface area contributed by atoms with Crippen LogP contribution in [0.3, 0.4) is 0 Å². The highest BCUT2D eigenvalue weighted by atomic mass is 32.2. The van der Waals surface area contributed by atoms with Crippen LogP contribution >= 0.6 is 0 Å². The van der Waals surface area contributed by atoms with Gasteiger partial charge in [-0.3, -0.25) is 9.36 Å². The van der Waals surface area contributed by atoms with Crippen LogP contribution in [0.4, 0.5) is 4.39 Å². The van der Waals surface area contributed by atoms with E-state index in [0.717, 1.165) is 12.8 Å². The summed E-state index contributed by atoms with van der Waals surface area (Å²) in [5.41, 5.74) is 0.517. The van der Waals surface area contributed by atoms with Gasteiger partial charge in [-0.15, -0.1) is 0 Å². The van der Waals surface area contributed by atoms with Crippen LogP contribution in [0.5, 0.6) is 0 Å². The molecule has 10 heteroatoms. The largest absolute Gasteiger partial charge is 0.346 e. The van der Waals surface area contributed by atoms with Crippen LogP contribution in [0.15, 0.2) is 60.0 Å². The second kappa shape index (κ2) is 8.33. The number of carbonyl (C=O) groups excluding carboxylic acids is 1. The fraction of sp³-hybridized carbons (Fsp3) is 0.250. The molecule has 1 aliphatic heterocycles. The van der Waals surface area contributed by atoms with E-state index in [1.54, 1.807) is 24.3 Å². The maximum Gasteiger partial charge on any atom is 0.271 e. The van der Waals surface area contributed by atoms with Gasteiger partial charge in [0.25, 0.3) is 5.91 Å². The maximum atomic E-state index is 13.7. The first-order valence-electron chi connectivity index (χ1n) is 9.47. The van der Waals surface area contributed by atoms with Crippen LogP contribution in [0.2, 0.25) is 0 Å². The van der Waals surface area contributed by atoms with Crippen LogP contribution < -0.4 is 5.32 Å². The third-order valence-corrected chi connectivity index (χ3v) is 6.78. The molecule has 0 spiro atoms. The van der Waals surface area contributed by atoms with E-state index in [4.69, 9.17) is 0 Å². The summed E-state index contributed by atoms with van der Waals surface area (Å²) in [7, 11) is -3.53. The average molecular weight is 429 g/mol. The number of aromatic nitrogens is 3. The molecule has 1 saturated heterocycles. The number of nitrogens with one attached hydrogen (secondary N) is 1. The molecule has 0 radical (unpaired) electrons. The summed E-state index contributed by atoms with van der Waals surface area (Å²) in [6, 6.07) is 9.25. The molecule has 8 nitrogen and oxygen atoms in total. The second-order valence-corrected chi connectivity index (χ2v) is 8.84. The Bertz CT molecular complexity index is 1160. The molecular formula is C20H20FN5O3S. The Labute approximate surface area is 173 Å². The molecule has 1 aliphatic rings. The Morgan fingerprint density at radius 2 is 1.87 bits per heavy atom. The molecule has 0 atom stereocenters. The van der Waals surface area contributed by atoms with Crippen molar-refractivity contribution in [1.29, 1.82) is 0 Å². The quantitative estimate of drug-likeness (QED) is 0.647. The molecule has 0 saturated carbocycles. The summed E-state index contributed by atoms with van der Waals surface area (Å²) in [5, 5.41) is 2.62. The number of halogens is 1. The van der Waals surface area contributed by atoms with Crippen molar-refractivity contribution >= 4 is 15.9 Å². The van der Waals surface area contributed by atoms with Crippen LogP contribution in [-0.2, 0) is 16.6 Å². The zero-order valence-corrected chi connectivity index (χ0v) is 16.8. The van der Waals surface area contributed by atoms with Gasteiger partial charge in [0.15, 0.2) is 0 Å². The normalized spacial score (nSPS) is 14.7. The lowest BCUT2D eigenvalue weighted by atomic mass is 10.2. The molecule has 1 fully saturated rings. The predicted molar refractivity (Wildman–Crippen MR) is 107 cm³/mol. The number of rotatable bonds is 6. The molecule has 0 unspecified atom stereocenters. The molecular weight excluding hydrogens is 409 g/mol. The second-order valence-electron chi connectivity index (χ2n) is 6.90. The Morgan fingerprint density at radius 3 is 2.57 bits per heavy atom. The molecule has 1 aromatic carbocycles. The van der Waals surface area contributed by atoms with Crippen molar-refractivity contribution in [3.05, 3.63) is 72.2 Å². The summed E-state index contributed by atoms with van der Waals surface area (Å²) in [5.74, 6) is -0.419. The number of amides is 1. The monoisotopic (exact) mass is 429 g/mol. The van der Waals surface area contributed by atoms with Gasteiger partial charge >= 0.3 is 0 Å². The number of benzene rings is 1. The highest BCUT2D eigenvalue weighted by Gasteiger charge is 2.27. The first-order valence-corrected chi connectivity index (χ1v) is 10.9. The molecule has 1 N–H and O–H groups in total. The number of carbonyl (C=O) groups is 1. The third kappa shape index (κ3) is 4.10. The fourth-order valence-electron chi connectivity index (χ4n) is 3.23. The van der Waals surface area contributed by atoms with Crippen molar-refractivity contribution in [2.24, 2.45) is 0 Å². The van der Waals surface area contributed by atoms with Crippen molar-refractivity contribution in [3.8, 4) is 5.82 Å². The summed E-state index contributed by atoms with van der Waals surface area (Å²) in [6.07, 6.45) is 5.92. The predicted octanol–water partition coefficient (Wildman–Crippen LogP) is 2.12. The Kier molecular flexibility index (Phi) is 5.60. The van der Waals surface area contributed by atoms with Gasteiger partial charge in [0.1, 0.15) is 28.6 Å². The number of imidazole rings is 1. The van der Waals surface area contributed by atoms with E-state index in [1.165, 1.54) is 39.7 Å². The van der Waals surface area contributed by atoms with Gasteiger partial charge < -0.3 is 5.32 Å². The topological polar surface area (TPSA) is 97.2 Å². The van der Waals surface area contributed by atoms with E-state index >= 15 is 0 Å². The van der Waals surface area contributed by atoms with E-state index in [-0.39, 0.29) is 17.1 Å². The standard InChI is InChI=1S/C20H20FN5O3S/c21-17-6-2-1-5-15(17)11-23-20(27)18-13-25(14-24-18)19-8-7-16(12-22-19)30(28,29)26-9-3-4-10-26/h1-2,5-8,12-14H,3-4,9-11H2,(H,23,27). The van der Waals surface area contributed by atoms with Gasteiger partial charge in [-0.2, -0.15) is 4.31 Å². The van der Waals surface area contributed by atoms with Gasteiger partial charge in [-0.25, -0.2) is 22.8 Å². The molecule has 0 bridgehead atoms. The molecule has 156 valence electrons. The lowest BCUT2D eigenvalue weighted by molar-refractivity contribution is 0.0946. The minimum Gasteiger partial charge on any atom is -0.346 e. The van der Waals surface area contributed by atoms with E-state index in [0.29, 0.717) is 24.5 Å². The van der Waals surface area contributed by atoms with Gasteiger partial charge in [0, 0.05) is 37.6 Å². The number of sulfonamides is 1. The summed E-state index contributed by atoms with van der Waals surface area (Å²) < 4.78 is 41.8. The van der Waals surface area contributed by atoms with E-state index in [1.807, 2.05) is 0 Å². The van der Waals surface area contributed by atoms with Gasteiger partial charge in [0.2, 0.25) is 10.0 Å². The minimum absolute atomic E-state index is 0.0413. The van der Waals surface area contributed by atoms with Gasteiger partial charge in [0.05, 0.1) is 0 Å². The highest BCUT2D eigenvalue weighted by molar-refractivity contribution is 7.89. The van der Waals surface area contributed by atoms with Crippen molar-refractivity contribution in [2.75, 3.05) is 13.1 Å². The molecule has 0 aliphatic carbocycles. The number of hydrogen-bond acceptors (Lipinski definition) is 5. The Hall–Kier alpha value is -3.11. The zero-order chi connectivity index (χ0) is 21.1. The molecule has 4 rings (SSSR count). The Balaban J connectivity index is 1.44. The van der Waals surface area contributed by atoms with Crippen LogP contribution in [-0.4, -0.2) is 46.3 Å². The first-order chi connectivity index (χ1) is 14.4. The smallest absolute Gasteiger partial charge is 0.271 e. The molecule has 3 aromatic rings. The molecule has 1 amide bonds. The summed E-state index contributed by atoms with van der Waals surface area (Å²) >= 11 is 0. The summed E-state index contributed by atoms with van der Waals surface area (Å²) in [6.45, 7) is 1.09.